The number of rotatable bonds is 4. The molecule has 24 heavy (non-hydrogen) atoms. The molecule has 1 aliphatic heterocycles. The van der Waals surface area contributed by atoms with Crippen LogP contribution in [0.2, 0.25) is 0 Å². The predicted molar refractivity (Wildman–Crippen MR) is 93.3 cm³/mol. The minimum atomic E-state index is -0.100. The first-order valence-electron chi connectivity index (χ1n) is 8.13. The highest BCUT2D eigenvalue weighted by atomic mass is 16.1. The Morgan fingerprint density at radius 3 is 2.67 bits per heavy atom. The van der Waals surface area contributed by atoms with E-state index in [9.17, 15) is 4.79 Å². The Bertz CT molecular complexity index is 684. The van der Waals surface area contributed by atoms with Crippen molar-refractivity contribution in [2.45, 2.75) is 18.9 Å². The first kappa shape index (κ1) is 16.2. The Labute approximate surface area is 141 Å². The molecule has 0 atom stereocenters. The molecule has 126 valence electrons. The van der Waals surface area contributed by atoms with E-state index in [1.165, 1.54) is 0 Å². The van der Waals surface area contributed by atoms with Crippen molar-refractivity contribution in [2.24, 2.45) is 0 Å². The number of nitrogens with one attached hydrogen (secondary N) is 1. The van der Waals surface area contributed by atoms with Crippen molar-refractivity contribution in [3.63, 3.8) is 0 Å². The molecule has 1 saturated heterocycles. The van der Waals surface area contributed by atoms with E-state index in [-0.39, 0.29) is 5.91 Å². The van der Waals surface area contributed by atoms with Gasteiger partial charge < -0.3 is 15.1 Å². The maximum Gasteiger partial charge on any atom is 0.254 e. The number of hydrogen-bond acceptors (Lipinski definition) is 6. The van der Waals surface area contributed by atoms with Gasteiger partial charge in [0.15, 0.2) is 5.82 Å². The standard InChI is InChI=1S/C17H22N6O/c1-18-17(24)14-5-3-9-19-16(14)23-11-7-13(8-12-23)22(2)15-6-4-10-20-21-15/h3-6,9-10,13H,7-8,11-12H2,1-2H3,(H,18,24). The van der Waals surface area contributed by atoms with Gasteiger partial charge in [0.1, 0.15) is 5.82 Å². The average molecular weight is 326 g/mol. The van der Waals surface area contributed by atoms with Crippen molar-refractivity contribution in [2.75, 3.05) is 37.0 Å². The second-order valence-corrected chi connectivity index (χ2v) is 5.86. The second kappa shape index (κ2) is 7.25. The van der Waals surface area contributed by atoms with Gasteiger partial charge in [-0.15, -0.1) is 5.10 Å². The summed E-state index contributed by atoms with van der Waals surface area (Å²) in [5.41, 5.74) is 0.626. The van der Waals surface area contributed by atoms with Crippen LogP contribution < -0.4 is 15.1 Å². The van der Waals surface area contributed by atoms with Gasteiger partial charge in [0, 0.05) is 45.6 Å². The van der Waals surface area contributed by atoms with E-state index in [1.54, 1.807) is 25.5 Å². The number of amides is 1. The molecule has 3 rings (SSSR count). The van der Waals surface area contributed by atoms with Crippen LogP contribution >= 0.6 is 0 Å². The third kappa shape index (κ3) is 3.29. The Morgan fingerprint density at radius 2 is 2.00 bits per heavy atom. The van der Waals surface area contributed by atoms with Crippen molar-refractivity contribution in [1.29, 1.82) is 0 Å². The average Bonchev–Trinajstić information content (AvgIpc) is 2.67. The first-order chi connectivity index (χ1) is 11.7. The molecule has 7 heteroatoms. The topological polar surface area (TPSA) is 74.2 Å². The lowest BCUT2D eigenvalue weighted by atomic mass is 10.0. The number of carbonyl (C=O) groups is 1. The Hall–Kier alpha value is -2.70. The molecule has 0 saturated carbocycles. The summed E-state index contributed by atoms with van der Waals surface area (Å²) >= 11 is 0. The van der Waals surface area contributed by atoms with Crippen LogP contribution in [0.4, 0.5) is 11.6 Å². The van der Waals surface area contributed by atoms with Crippen molar-refractivity contribution in [3.05, 3.63) is 42.2 Å². The van der Waals surface area contributed by atoms with Crippen LogP contribution in [0.25, 0.3) is 0 Å². The lowest BCUT2D eigenvalue weighted by Crippen LogP contribution is -2.44. The highest BCUT2D eigenvalue weighted by Gasteiger charge is 2.26. The molecule has 1 fully saturated rings. The van der Waals surface area contributed by atoms with Gasteiger partial charge in [0.25, 0.3) is 5.91 Å². The Morgan fingerprint density at radius 1 is 1.25 bits per heavy atom. The molecule has 0 unspecified atom stereocenters. The summed E-state index contributed by atoms with van der Waals surface area (Å²) in [5.74, 6) is 1.55. The largest absolute Gasteiger partial charge is 0.356 e. The molecule has 1 N–H and O–H groups in total. The van der Waals surface area contributed by atoms with Gasteiger partial charge >= 0.3 is 0 Å². The van der Waals surface area contributed by atoms with Crippen LogP contribution in [0, 0.1) is 0 Å². The van der Waals surface area contributed by atoms with Crippen LogP contribution in [0.5, 0.6) is 0 Å². The third-order valence-corrected chi connectivity index (χ3v) is 4.49. The molecule has 3 heterocycles. The monoisotopic (exact) mass is 326 g/mol. The van der Waals surface area contributed by atoms with Crippen LogP contribution in [-0.4, -0.2) is 54.3 Å². The molecule has 1 amide bonds. The third-order valence-electron chi connectivity index (χ3n) is 4.49. The predicted octanol–water partition coefficient (Wildman–Crippen LogP) is 1.34. The van der Waals surface area contributed by atoms with E-state index in [4.69, 9.17) is 0 Å². The fourth-order valence-electron chi connectivity index (χ4n) is 3.09. The van der Waals surface area contributed by atoms with E-state index >= 15 is 0 Å². The minimum Gasteiger partial charge on any atom is -0.356 e. The highest BCUT2D eigenvalue weighted by molar-refractivity contribution is 5.98. The van der Waals surface area contributed by atoms with E-state index in [0.717, 1.165) is 37.6 Å². The molecule has 0 aliphatic carbocycles. The van der Waals surface area contributed by atoms with Crippen molar-refractivity contribution in [3.8, 4) is 0 Å². The summed E-state index contributed by atoms with van der Waals surface area (Å²) in [7, 11) is 3.70. The summed E-state index contributed by atoms with van der Waals surface area (Å²) in [6, 6.07) is 7.89. The maximum atomic E-state index is 12.0. The normalized spacial score (nSPS) is 15.2. The molecular weight excluding hydrogens is 304 g/mol. The molecule has 0 spiro atoms. The molecule has 1 aliphatic rings. The summed E-state index contributed by atoms with van der Waals surface area (Å²) in [5, 5.41) is 10.8. The zero-order valence-electron chi connectivity index (χ0n) is 14.0. The Balaban J connectivity index is 1.69. The molecule has 2 aromatic heterocycles. The fourth-order valence-corrected chi connectivity index (χ4v) is 3.09. The number of pyridine rings is 1. The van der Waals surface area contributed by atoms with Crippen molar-refractivity contribution >= 4 is 17.5 Å². The van der Waals surface area contributed by atoms with E-state index in [1.807, 2.05) is 18.2 Å². The van der Waals surface area contributed by atoms with Crippen LogP contribution in [0.3, 0.4) is 0 Å². The molecule has 0 radical (unpaired) electrons. The number of anilines is 2. The van der Waals surface area contributed by atoms with Gasteiger partial charge in [-0.1, -0.05) is 0 Å². The van der Waals surface area contributed by atoms with Gasteiger partial charge in [-0.05, 0) is 37.1 Å². The van der Waals surface area contributed by atoms with Gasteiger partial charge in [0.05, 0.1) is 5.56 Å². The number of hydrogen-bond donors (Lipinski definition) is 1. The molecule has 2 aromatic rings. The van der Waals surface area contributed by atoms with Crippen LogP contribution in [-0.2, 0) is 0 Å². The van der Waals surface area contributed by atoms with Crippen LogP contribution in [0.15, 0.2) is 36.7 Å². The van der Waals surface area contributed by atoms with E-state index < -0.39 is 0 Å². The van der Waals surface area contributed by atoms with Crippen molar-refractivity contribution in [1.82, 2.24) is 20.5 Å². The summed E-state index contributed by atoms with van der Waals surface area (Å²) in [6.07, 6.45) is 5.38. The summed E-state index contributed by atoms with van der Waals surface area (Å²) < 4.78 is 0. The lowest BCUT2D eigenvalue weighted by molar-refractivity contribution is 0.0963. The first-order valence-corrected chi connectivity index (χ1v) is 8.13. The number of nitrogens with zero attached hydrogens (tertiary/aromatic N) is 5. The summed E-state index contributed by atoms with van der Waals surface area (Å²) in [4.78, 5) is 20.8. The fraction of sp³-hybridized carbons (Fsp3) is 0.412. The lowest BCUT2D eigenvalue weighted by Gasteiger charge is -2.38. The molecule has 7 nitrogen and oxygen atoms in total. The quantitative estimate of drug-likeness (QED) is 0.914. The highest BCUT2D eigenvalue weighted by Crippen LogP contribution is 2.25. The van der Waals surface area contributed by atoms with E-state index in [0.29, 0.717) is 11.6 Å². The number of piperidine rings is 1. The summed E-state index contributed by atoms with van der Waals surface area (Å²) in [6.45, 7) is 1.71. The smallest absolute Gasteiger partial charge is 0.254 e. The Kier molecular flexibility index (Phi) is 4.88. The van der Waals surface area contributed by atoms with Gasteiger partial charge in [-0.2, -0.15) is 5.10 Å². The van der Waals surface area contributed by atoms with Crippen LogP contribution in [0.1, 0.15) is 23.2 Å². The second-order valence-electron chi connectivity index (χ2n) is 5.86. The van der Waals surface area contributed by atoms with Crippen molar-refractivity contribution < 1.29 is 4.79 Å². The van der Waals surface area contributed by atoms with Gasteiger partial charge in [-0.25, -0.2) is 4.98 Å². The van der Waals surface area contributed by atoms with Gasteiger partial charge in [-0.3, -0.25) is 4.79 Å². The minimum absolute atomic E-state index is 0.100. The SMILES string of the molecule is CNC(=O)c1cccnc1N1CCC(N(C)c2cccnn2)CC1. The molecular formula is C17H22N6O. The zero-order chi connectivity index (χ0) is 16.9. The van der Waals surface area contributed by atoms with Gasteiger partial charge in [0.2, 0.25) is 0 Å². The van der Waals surface area contributed by atoms with E-state index in [2.05, 4.69) is 37.3 Å². The number of aromatic nitrogens is 3. The number of carbonyl (C=O) groups excluding carboxylic acids is 1. The zero-order valence-corrected chi connectivity index (χ0v) is 14.0. The molecule has 0 bridgehead atoms. The maximum absolute atomic E-state index is 12.0. The molecule has 0 aromatic carbocycles.